The second kappa shape index (κ2) is 9.85. The van der Waals surface area contributed by atoms with Crippen LogP contribution in [-0.2, 0) is 14.9 Å². The molecule has 1 aliphatic rings. The maximum Gasteiger partial charge on any atom is 0.338 e. The summed E-state index contributed by atoms with van der Waals surface area (Å²) in [6, 6.07) is 6.18. The molecule has 0 spiro atoms. The summed E-state index contributed by atoms with van der Waals surface area (Å²) in [4.78, 5) is 25.8. The van der Waals surface area contributed by atoms with Crippen molar-refractivity contribution in [2.75, 3.05) is 52.2 Å². The summed E-state index contributed by atoms with van der Waals surface area (Å²) < 4.78 is 31.9. The predicted octanol–water partition coefficient (Wildman–Crippen LogP) is 1.60. The fraction of sp³-hybridized carbons (Fsp3) is 0.556. The van der Waals surface area contributed by atoms with Gasteiger partial charge in [-0.1, -0.05) is 13.3 Å². The zero-order valence-corrected chi connectivity index (χ0v) is 17.4. The molecule has 1 aromatic carbocycles. The highest BCUT2D eigenvalue weighted by Gasteiger charge is 2.30. The highest BCUT2D eigenvalue weighted by atomic mass is 32.2. The molecule has 0 radical (unpaired) electrons. The Balaban J connectivity index is 1.86. The molecule has 1 aromatic rings. The van der Waals surface area contributed by atoms with E-state index in [2.05, 4.69) is 5.32 Å². The highest BCUT2D eigenvalue weighted by Crippen LogP contribution is 2.14. The molecule has 1 heterocycles. The van der Waals surface area contributed by atoms with Gasteiger partial charge in [0.2, 0.25) is 0 Å². The molecule has 9 nitrogen and oxygen atoms in total. The monoisotopic (exact) mass is 412 g/mol. The topological polar surface area (TPSA) is 99.3 Å². The van der Waals surface area contributed by atoms with Crippen LogP contribution in [0.5, 0.6) is 0 Å². The Hall–Kier alpha value is -2.17. The van der Waals surface area contributed by atoms with Crippen molar-refractivity contribution >= 4 is 27.9 Å². The second-order valence-corrected chi connectivity index (χ2v) is 8.82. The second-order valence-electron chi connectivity index (χ2n) is 6.67. The molecule has 0 aliphatic carbocycles. The van der Waals surface area contributed by atoms with Crippen molar-refractivity contribution in [3.63, 3.8) is 0 Å². The summed E-state index contributed by atoms with van der Waals surface area (Å²) in [5.74, 6) is -0.385. The number of amides is 2. The van der Waals surface area contributed by atoms with Gasteiger partial charge < -0.3 is 15.0 Å². The number of rotatable bonds is 7. The first kappa shape index (κ1) is 22.1. The lowest BCUT2D eigenvalue weighted by Crippen LogP contribution is -2.53. The number of hydrogen-bond donors (Lipinski definition) is 1. The SMILES string of the molecule is CCCCOC(=O)c1ccc(NC(=O)N2CCN(S(=O)(=O)N(C)C)CC2)cc1. The molecule has 1 saturated heterocycles. The summed E-state index contributed by atoms with van der Waals surface area (Å²) in [6.45, 7) is 3.52. The van der Waals surface area contributed by atoms with E-state index in [1.54, 1.807) is 29.2 Å². The van der Waals surface area contributed by atoms with Crippen LogP contribution in [-0.4, -0.2) is 80.8 Å². The van der Waals surface area contributed by atoms with Crippen LogP contribution in [0.15, 0.2) is 24.3 Å². The highest BCUT2D eigenvalue weighted by molar-refractivity contribution is 7.86. The minimum atomic E-state index is -3.47. The molecule has 1 aliphatic heterocycles. The third kappa shape index (κ3) is 5.66. The molecule has 156 valence electrons. The molecule has 28 heavy (non-hydrogen) atoms. The molecule has 1 fully saturated rings. The average molecular weight is 413 g/mol. The number of unbranched alkanes of at least 4 members (excludes halogenated alkanes) is 1. The lowest BCUT2D eigenvalue weighted by Gasteiger charge is -2.35. The van der Waals surface area contributed by atoms with Crippen LogP contribution in [0.2, 0.25) is 0 Å². The first-order valence-electron chi connectivity index (χ1n) is 9.26. The van der Waals surface area contributed by atoms with E-state index < -0.39 is 10.2 Å². The minimum absolute atomic E-state index is 0.246. The van der Waals surface area contributed by atoms with Gasteiger partial charge in [-0.15, -0.1) is 0 Å². The number of ether oxygens (including phenoxy) is 1. The van der Waals surface area contributed by atoms with Crippen LogP contribution in [0, 0.1) is 0 Å². The van der Waals surface area contributed by atoms with Gasteiger partial charge in [-0.2, -0.15) is 17.0 Å². The van der Waals surface area contributed by atoms with E-state index in [-0.39, 0.29) is 25.1 Å². The Bertz CT molecular complexity index is 772. The number of nitrogens with zero attached hydrogens (tertiary/aromatic N) is 3. The summed E-state index contributed by atoms with van der Waals surface area (Å²) >= 11 is 0. The van der Waals surface area contributed by atoms with Gasteiger partial charge in [-0.25, -0.2) is 9.59 Å². The van der Waals surface area contributed by atoms with Gasteiger partial charge in [0.1, 0.15) is 0 Å². The molecule has 0 saturated carbocycles. The summed E-state index contributed by atoms with van der Waals surface area (Å²) in [7, 11) is -0.497. The van der Waals surface area contributed by atoms with E-state index in [4.69, 9.17) is 4.74 Å². The summed E-state index contributed by atoms with van der Waals surface area (Å²) in [5, 5.41) is 2.76. The van der Waals surface area contributed by atoms with Gasteiger partial charge in [0, 0.05) is 46.0 Å². The first-order valence-corrected chi connectivity index (χ1v) is 10.7. The van der Waals surface area contributed by atoms with Crippen molar-refractivity contribution in [1.82, 2.24) is 13.5 Å². The van der Waals surface area contributed by atoms with Crippen LogP contribution < -0.4 is 5.32 Å². The van der Waals surface area contributed by atoms with E-state index in [0.29, 0.717) is 30.9 Å². The largest absolute Gasteiger partial charge is 0.462 e. The number of anilines is 1. The average Bonchev–Trinajstić information content (AvgIpc) is 2.68. The smallest absolute Gasteiger partial charge is 0.338 e. The Kier molecular flexibility index (Phi) is 7.78. The summed E-state index contributed by atoms with van der Waals surface area (Å²) in [5.41, 5.74) is 0.982. The molecule has 2 amide bonds. The van der Waals surface area contributed by atoms with Crippen molar-refractivity contribution in [3.05, 3.63) is 29.8 Å². The third-order valence-corrected chi connectivity index (χ3v) is 6.36. The molecule has 0 bridgehead atoms. The summed E-state index contributed by atoms with van der Waals surface area (Å²) in [6.07, 6.45) is 1.77. The number of nitrogens with one attached hydrogen (secondary N) is 1. The molecule has 0 unspecified atom stereocenters. The van der Waals surface area contributed by atoms with E-state index in [0.717, 1.165) is 17.1 Å². The molecule has 10 heteroatoms. The number of carbonyl (C=O) groups is 2. The maximum atomic E-state index is 12.4. The van der Waals surface area contributed by atoms with Crippen LogP contribution in [0.25, 0.3) is 0 Å². The molecular formula is C18H28N4O5S. The maximum absolute atomic E-state index is 12.4. The number of urea groups is 1. The molecule has 0 atom stereocenters. The lowest BCUT2D eigenvalue weighted by molar-refractivity contribution is 0.0499. The number of piperazine rings is 1. The number of esters is 1. The van der Waals surface area contributed by atoms with E-state index in [1.807, 2.05) is 6.92 Å². The number of hydrogen-bond acceptors (Lipinski definition) is 5. The van der Waals surface area contributed by atoms with Gasteiger partial charge in [0.15, 0.2) is 0 Å². The van der Waals surface area contributed by atoms with Gasteiger partial charge in [0.25, 0.3) is 10.2 Å². The Morgan fingerprint density at radius 3 is 2.25 bits per heavy atom. The van der Waals surface area contributed by atoms with Crippen molar-refractivity contribution in [3.8, 4) is 0 Å². The van der Waals surface area contributed by atoms with Crippen molar-refractivity contribution < 1.29 is 22.7 Å². The van der Waals surface area contributed by atoms with E-state index in [1.165, 1.54) is 18.4 Å². The molecule has 0 aromatic heterocycles. The lowest BCUT2D eigenvalue weighted by atomic mass is 10.2. The quantitative estimate of drug-likeness (QED) is 0.542. The van der Waals surface area contributed by atoms with Gasteiger partial charge in [-0.3, -0.25) is 0 Å². The normalized spacial score (nSPS) is 15.5. The molecular weight excluding hydrogens is 384 g/mol. The van der Waals surface area contributed by atoms with Crippen molar-refractivity contribution in [2.24, 2.45) is 0 Å². The van der Waals surface area contributed by atoms with Gasteiger partial charge >= 0.3 is 12.0 Å². The van der Waals surface area contributed by atoms with Crippen LogP contribution in [0.1, 0.15) is 30.1 Å². The standard InChI is InChI=1S/C18H28N4O5S/c1-4-5-14-27-17(23)15-6-8-16(9-7-15)19-18(24)21-10-12-22(13-11-21)28(25,26)20(2)3/h6-9H,4-5,10-14H2,1-3H3,(H,19,24). The van der Waals surface area contributed by atoms with Crippen molar-refractivity contribution in [2.45, 2.75) is 19.8 Å². The van der Waals surface area contributed by atoms with Crippen LogP contribution >= 0.6 is 0 Å². The van der Waals surface area contributed by atoms with E-state index >= 15 is 0 Å². The zero-order valence-electron chi connectivity index (χ0n) is 16.6. The predicted molar refractivity (Wildman–Crippen MR) is 106 cm³/mol. The van der Waals surface area contributed by atoms with Crippen LogP contribution in [0.4, 0.5) is 10.5 Å². The van der Waals surface area contributed by atoms with Gasteiger partial charge in [0.05, 0.1) is 12.2 Å². The van der Waals surface area contributed by atoms with Gasteiger partial charge in [-0.05, 0) is 30.7 Å². The minimum Gasteiger partial charge on any atom is -0.462 e. The van der Waals surface area contributed by atoms with E-state index in [9.17, 15) is 18.0 Å². The Morgan fingerprint density at radius 1 is 1.11 bits per heavy atom. The number of carbonyl (C=O) groups excluding carboxylic acids is 2. The fourth-order valence-corrected chi connectivity index (χ4v) is 3.72. The van der Waals surface area contributed by atoms with Crippen LogP contribution in [0.3, 0.4) is 0 Å². The third-order valence-electron chi connectivity index (χ3n) is 4.42. The number of benzene rings is 1. The fourth-order valence-electron chi connectivity index (χ4n) is 2.64. The first-order chi connectivity index (χ1) is 13.3. The zero-order chi connectivity index (χ0) is 20.7. The molecule has 2 rings (SSSR count). The molecule has 1 N–H and O–H groups in total. The Labute approximate surface area is 166 Å². The van der Waals surface area contributed by atoms with Crippen molar-refractivity contribution in [1.29, 1.82) is 0 Å². The Morgan fingerprint density at radius 2 is 1.71 bits per heavy atom.